The van der Waals surface area contributed by atoms with Crippen LogP contribution in [-0.4, -0.2) is 12.1 Å². The molecule has 0 atom stereocenters. The molecule has 5 rings (SSSR count). The molecule has 3 aliphatic carbocycles. The molecule has 3 saturated carbocycles. The fraction of sp³-hybridized carbons (Fsp3) is 0.538. The van der Waals surface area contributed by atoms with Crippen molar-refractivity contribution in [2.75, 3.05) is 6.54 Å². The lowest BCUT2D eigenvalue weighted by Gasteiger charge is -2.54. The van der Waals surface area contributed by atoms with Crippen molar-refractivity contribution in [1.29, 1.82) is 0 Å². The maximum absolute atomic E-state index is 3.98. The highest BCUT2D eigenvalue weighted by Crippen LogP contribution is 2.53. The van der Waals surface area contributed by atoms with Crippen molar-refractivity contribution in [3.63, 3.8) is 0 Å². The standard InChI is InChI=1S/C26H34BrN/c1-2-3-4-5-20-28-26-17-14-25(15-18-26,16-19-26)23-10-6-21(7-11-23)22-8-12-24(27)13-9-22/h6-13,28H,2-5,14-20H2,1H3. The number of fused-ring (bicyclic) bond motifs is 3. The van der Waals surface area contributed by atoms with Gasteiger partial charge in [0, 0.05) is 10.0 Å². The summed E-state index contributed by atoms with van der Waals surface area (Å²) in [6.07, 6.45) is 13.6. The molecule has 0 radical (unpaired) electrons. The van der Waals surface area contributed by atoms with Gasteiger partial charge in [-0.05, 0) is 85.7 Å². The minimum atomic E-state index is 0.434. The third-order valence-corrected chi connectivity index (χ3v) is 7.98. The van der Waals surface area contributed by atoms with Crippen molar-refractivity contribution >= 4 is 15.9 Å². The Morgan fingerprint density at radius 2 is 1.32 bits per heavy atom. The summed E-state index contributed by atoms with van der Waals surface area (Å²) in [5, 5.41) is 3.98. The van der Waals surface area contributed by atoms with E-state index in [4.69, 9.17) is 0 Å². The lowest BCUT2D eigenvalue weighted by Crippen LogP contribution is -2.56. The number of hydrogen-bond acceptors (Lipinski definition) is 1. The van der Waals surface area contributed by atoms with E-state index in [1.807, 2.05) is 0 Å². The molecular weight excluding hydrogens is 406 g/mol. The molecule has 2 bridgehead atoms. The van der Waals surface area contributed by atoms with E-state index in [1.54, 1.807) is 5.56 Å². The van der Waals surface area contributed by atoms with Crippen LogP contribution in [0.4, 0.5) is 0 Å². The summed E-state index contributed by atoms with van der Waals surface area (Å²) < 4.78 is 1.14. The molecule has 0 aromatic heterocycles. The lowest BCUT2D eigenvalue weighted by molar-refractivity contribution is 0.0771. The number of unbranched alkanes of at least 4 members (excludes halogenated alkanes) is 3. The first kappa shape index (κ1) is 20.2. The van der Waals surface area contributed by atoms with E-state index in [0.29, 0.717) is 11.0 Å². The zero-order valence-corrected chi connectivity index (χ0v) is 18.9. The molecule has 2 aromatic carbocycles. The summed E-state index contributed by atoms with van der Waals surface area (Å²) >= 11 is 3.53. The highest BCUT2D eigenvalue weighted by molar-refractivity contribution is 9.10. The fourth-order valence-electron chi connectivity index (χ4n) is 5.45. The molecule has 1 N–H and O–H groups in total. The number of rotatable bonds is 8. The van der Waals surface area contributed by atoms with Crippen LogP contribution in [0.15, 0.2) is 53.0 Å². The second-order valence-corrected chi connectivity index (χ2v) is 10.0. The van der Waals surface area contributed by atoms with Gasteiger partial charge in [0.1, 0.15) is 0 Å². The van der Waals surface area contributed by atoms with Crippen LogP contribution in [0.25, 0.3) is 11.1 Å². The summed E-state index contributed by atoms with van der Waals surface area (Å²) in [5.74, 6) is 0. The summed E-state index contributed by atoms with van der Waals surface area (Å²) in [4.78, 5) is 0. The molecule has 0 aliphatic heterocycles. The van der Waals surface area contributed by atoms with Gasteiger partial charge in [0.25, 0.3) is 0 Å². The van der Waals surface area contributed by atoms with Gasteiger partial charge >= 0.3 is 0 Å². The second kappa shape index (κ2) is 8.71. The van der Waals surface area contributed by atoms with Gasteiger partial charge in [-0.15, -0.1) is 0 Å². The van der Waals surface area contributed by atoms with E-state index in [-0.39, 0.29) is 0 Å². The van der Waals surface area contributed by atoms with Gasteiger partial charge in [0.15, 0.2) is 0 Å². The van der Waals surface area contributed by atoms with E-state index in [0.717, 1.165) is 4.47 Å². The molecular formula is C26H34BrN. The molecule has 3 aliphatic rings. The molecule has 0 heterocycles. The van der Waals surface area contributed by atoms with Crippen LogP contribution in [-0.2, 0) is 5.41 Å². The van der Waals surface area contributed by atoms with Crippen LogP contribution in [0.1, 0.15) is 76.7 Å². The van der Waals surface area contributed by atoms with Crippen LogP contribution in [0.3, 0.4) is 0 Å². The zero-order chi connectivity index (χ0) is 19.5. The Bertz CT molecular complexity index is 737. The molecule has 3 fully saturated rings. The maximum Gasteiger partial charge on any atom is 0.0182 e. The van der Waals surface area contributed by atoms with Gasteiger partial charge in [0.05, 0.1) is 0 Å². The molecule has 28 heavy (non-hydrogen) atoms. The van der Waals surface area contributed by atoms with Crippen molar-refractivity contribution < 1.29 is 0 Å². The highest BCUT2D eigenvalue weighted by atomic mass is 79.9. The third-order valence-electron chi connectivity index (χ3n) is 7.45. The molecule has 2 heteroatoms. The Morgan fingerprint density at radius 1 is 0.750 bits per heavy atom. The summed E-state index contributed by atoms with van der Waals surface area (Å²) in [6, 6.07) is 18.1. The van der Waals surface area contributed by atoms with Crippen molar-refractivity contribution in [2.45, 2.75) is 82.1 Å². The second-order valence-electron chi connectivity index (χ2n) is 9.13. The predicted octanol–water partition coefficient (Wildman–Crippen LogP) is 7.63. The molecule has 2 aromatic rings. The van der Waals surface area contributed by atoms with Gasteiger partial charge in [-0.1, -0.05) is 78.5 Å². The monoisotopic (exact) mass is 439 g/mol. The number of halogens is 1. The van der Waals surface area contributed by atoms with Crippen LogP contribution < -0.4 is 5.32 Å². The van der Waals surface area contributed by atoms with Crippen LogP contribution in [0.2, 0.25) is 0 Å². The minimum Gasteiger partial charge on any atom is -0.311 e. The molecule has 0 saturated heterocycles. The Hall–Kier alpha value is -1.12. The van der Waals surface area contributed by atoms with E-state index >= 15 is 0 Å². The lowest BCUT2D eigenvalue weighted by atomic mass is 9.55. The first-order valence-corrected chi connectivity index (χ1v) is 12.1. The SMILES string of the molecule is CCCCCCNC12CCC(c3ccc(-c4ccc(Br)cc4)cc3)(CC1)CC2. The number of benzene rings is 2. The quantitative estimate of drug-likeness (QED) is 0.416. The van der Waals surface area contributed by atoms with Crippen molar-refractivity contribution in [3.8, 4) is 11.1 Å². The smallest absolute Gasteiger partial charge is 0.0182 e. The highest BCUT2D eigenvalue weighted by Gasteiger charge is 2.48. The molecule has 150 valence electrons. The topological polar surface area (TPSA) is 12.0 Å². The van der Waals surface area contributed by atoms with Crippen LogP contribution in [0.5, 0.6) is 0 Å². The van der Waals surface area contributed by atoms with E-state index in [2.05, 4.69) is 76.7 Å². The van der Waals surface area contributed by atoms with Crippen molar-refractivity contribution in [3.05, 3.63) is 58.6 Å². The van der Waals surface area contributed by atoms with E-state index < -0.39 is 0 Å². The summed E-state index contributed by atoms with van der Waals surface area (Å²) in [7, 11) is 0. The molecule has 1 nitrogen and oxygen atoms in total. The number of hydrogen-bond donors (Lipinski definition) is 1. The van der Waals surface area contributed by atoms with Gasteiger partial charge in [-0.3, -0.25) is 0 Å². The zero-order valence-electron chi connectivity index (χ0n) is 17.3. The Balaban J connectivity index is 1.38. The Morgan fingerprint density at radius 3 is 1.89 bits per heavy atom. The first-order valence-electron chi connectivity index (χ1n) is 11.3. The van der Waals surface area contributed by atoms with Crippen LogP contribution >= 0.6 is 15.9 Å². The van der Waals surface area contributed by atoms with Gasteiger partial charge in [-0.25, -0.2) is 0 Å². The van der Waals surface area contributed by atoms with Gasteiger partial charge in [0.2, 0.25) is 0 Å². The maximum atomic E-state index is 3.98. The summed E-state index contributed by atoms with van der Waals surface area (Å²) in [5.41, 5.74) is 5.08. The Kier molecular flexibility index (Phi) is 6.27. The summed E-state index contributed by atoms with van der Waals surface area (Å²) in [6.45, 7) is 3.51. The molecule has 0 spiro atoms. The van der Waals surface area contributed by atoms with Crippen molar-refractivity contribution in [1.82, 2.24) is 5.32 Å². The van der Waals surface area contributed by atoms with Gasteiger partial charge < -0.3 is 5.32 Å². The van der Waals surface area contributed by atoms with Crippen LogP contribution in [0, 0.1) is 0 Å². The predicted molar refractivity (Wildman–Crippen MR) is 124 cm³/mol. The van der Waals surface area contributed by atoms with E-state index in [9.17, 15) is 0 Å². The first-order chi connectivity index (χ1) is 13.6. The van der Waals surface area contributed by atoms with Gasteiger partial charge in [-0.2, -0.15) is 0 Å². The normalized spacial score (nSPS) is 26.5. The number of nitrogens with one attached hydrogen (secondary N) is 1. The Labute approximate surface area is 179 Å². The third kappa shape index (κ3) is 4.24. The minimum absolute atomic E-state index is 0.434. The average Bonchev–Trinajstić information content (AvgIpc) is 2.76. The molecule has 0 amide bonds. The average molecular weight is 440 g/mol. The fourth-order valence-corrected chi connectivity index (χ4v) is 5.71. The largest absolute Gasteiger partial charge is 0.311 e. The van der Waals surface area contributed by atoms with E-state index in [1.165, 1.54) is 81.9 Å². The molecule has 0 unspecified atom stereocenters. The van der Waals surface area contributed by atoms with Crippen molar-refractivity contribution in [2.24, 2.45) is 0 Å².